The summed E-state index contributed by atoms with van der Waals surface area (Å²) in [6.45, 7) is 8.23. The van der Waals surface area contributed by atoms with Crippen LogP contribution >= 0.6 is 41.7 Å². The molecule has 100 valence electrons. The van der Waals surface area contributed by atoms with E-state index in [4.69, 9.17) is 21.1 Å². The largest absolute Gasteiger partial charge is 0.466 e. The Morgan fingerprint density at radius 1 is 1.56 bits per heavy atom. The van der Waals surface area contributed by atoms with Crippen LogP contribution in [0.15, 0.2) is 35.1 Å². The predicted octanol–water partition coefficient (Wildman–Crippen LogP) is 4.67. The van der Waals surface area contributed by atoms with Gasteiger partial charge in [0.1, 0.15) is 5.76 Å². The molecule has 0 atom stereocenters. The van der Waals surface area contributed by atoms with Crippen molar-refractivity contribution < 1.29 is 9.47 Å². The molecular formula is C13H16ClIO2S. The Balaban J connectivity index is 4.44. The number of hydrogen-bond donors (Lipinski definition) is 0. The van der Waals surface area contributed by atoms with Gasteiger partial charge in [0, 0.05) is 10.8 Å². The number of ether oxygens (including phenoxy) is 2. The van der Waals surface area contributed by atoms with Gasteiger partial charge in [0.05, 0.1) is 12.2 Å². The molecule has 0 aromatic carbocycles. The molecule has 0 radical (unpaired) electrons. The normalized spacial score (nSPS) is 11.8. The minimum absolute atomic E-state index is 0.168. The van der Waals surface area contributed by atoms with E-state index in [0.29, 0.717) is 23.0 Å². The maximum atomic E-state index is 5.94. The van der Waals surface area contributed by atoms with Crippen LogP contribution in [0.1, 0.15) is 13.8 Å². The Bertz CT molecular complexity index is 380. The summed E-state index contributed by atoms with van der Waals surface area (Å²) in [4.78, 5) is 0. The molecule has 0 saturated carbocycles. The highest BCUT2D eigenvalue weighted by molar-refractivity contribution is 14.2. The van der Waals surface area contributed by atoms with Crippen LogP contribution in [0.3, 0.4) is 0 Å². The van der Waals surface area contributed by atoms with E-state index in [9.17, 15) is 0 Å². The molecule has 2 nitrogen and oxygen atoms in total. The summed E-state index contributed by atoms with van der Waals surface area (Å²) in [5, 5.41) is 0.576. The van der Waals surface area contributed by atoms with Crippen LogP contribution in [0.2, 0.25) is 0 Å². The quantitative estimate of drug-likeness (QED) is 0.148. The number of hydrogen-bond acceptors (Lipinski definition) is 3. The second kappa shape index (κ2) is 12.0. The van der Waals surface area contributed by atoms with E-state index in [2.05, 4.69) is 39.6 Å². The standard InChI is InChI=1S/C13H16ClIO2S/c1-4-6-11(3)13(9-12(14)5-2)17-10-16-7-8-18-15/h5,9H,3,7-8,10H2,1-2H3/b12-5+,13-9+. The first-order valence-corrected chi connectivity index (χ1v) is 9.16. The molecule has 0 N–H and O–H groups in total. The van der Waals surface area contributed by atoms with Crippen LogP contribution in [-0.2, 0) is 9.47 Å². The van der Waals surface area contributed by atoms with E-state index >= 15 is 0 Å². The van der Waals surface area contributed by atoms with Crippen LogP contribution < -0.4 is 0 Å². The molecule has 0 amide bonds. The summed E-state index contributed by atoms with van der Waals surface area (Å²) in [6, 6.07) is 0. The van der Waals surface area contributed by atoms with Gasteiger partial charge in [0.2, 0.25) is 0 Å². The third-order valence-electron chi connectivity index (χ3n) is 1.72. The molecule has 0 aliphatic rings. The summed E-state index contributed by atoms with van der Waals surface area (Å²) in [6.07, 6.45) is 3.45. The van der Waals surface area contributed by atoms with Crippen molar-refractivity contribution in [2.24, 2.45) is 0 Å². The van der Waals surface area contributed by atoms with Crippen LogP contribution in [-0.4, -0.2) is 19.2 Å². The first-order valence-electron chi connectivity index (χ1n) is 5.25. The highest BCUT2D eigenvalue weighted by atomic mass is 127. The van der Waals surface area contributed by atoms with Crippen LogP contribution in [0.4, 0.5) is 0 Å². The third-order valence-corrected chi connectivity index (χ3v) is 3.69. The second-order valence-electron chi connectivity index (χ2n) is 3.02. The fourth-order valence-electron chi connectivity index (χ4n) is 0.891. The Hall–Kier alpha value is -0.0900. The second-order valence-corrected chi connectivity index (χ2v) is 5.95. The SMILES string of the molecule is C=C(C#CC)/C(=C\C(Cl)=C/C)OCOCCSI. The molecule has 0 aliphatic carbocycles. The molecule has 18 heavy (non-hydrogen) atoms. The highest BCUT2D eigenvalue weighted by Crippen LogP contribution is 2.15. The molecule has 0 aromatic rings. The van der Waals surface area contributed by atoms with Crippen molar-refractivity contribution in [2.75, 3.05) is 19.2 Å². The van der Waals surface area contributed by atoms with Gasteiger partial charge in [-0.1, -0.05) is 39.1 Å². The van der Waals surface area contributed by atoms with Gasteiger partial charge in [-0.15, -0.1) is 5.92 Å². The lowest BCUT2D eigenvalue weighted by atomic mass is 10.2. The Morgan fingerprint density at radius 3 is 2.83 bits per heavy atom. The van der Waals surface area contributed by atoms with E-state index in [1.807, 2.05) is 6.92 Å². The van der Waals surface area contributed by atoms with Gasteiger partial charge in [-0.2, -0.15) is 0 Å². The number of allylic oxidation sites excluding steroid dienone is 4. The summed E-state index contributed by atoms with van der Waals surface area (Å²) >= 11 is 8.16. The minimum Gasteiger partial charge on any atom is -0.466 e. The lowest BCUT2D eigenvalue weighted by molar-refractivity contribution is -0.0131. The zero-order chi connectivity index (χ0) is 13.8. The predicted molar refractivity (Wildman–Crippen MR) is 88.7 cm³/mol. The maximum absolute atomic E-state index is 5.94. The van der Waals surface area contributed by atoms with Crippen molar-refractivity contribution in [3.05, 3.63) is 35.1 Å². The molecule has 0 saturated heterocycles. The van der Waals surface area contributed by atoms with Crippen LogP contribution in [0.25, 0.3) is 0 Å². The summed E-state index contributed by atoms with van der Waals surface area (Å²) in [7, 11) is 1.69. The van der Waals surface area contributed by atoms with Crippen molar-refractivity contribution in [1.82, 2.24) is 0 Å². The summed E-state index contributed by atoms with van der Waals surface area (Å²) < 4.78 is 10.8. The fourth-order valence-corrected chi connectivity index (χ4v) is 1.71. The van der Waals surface area contributed by atoms with Crippen molar-refractivity contribution in [1.29, 1.82) is 0 Å². The van der Waals surface area contributed by atoms with Crippen LogP contribution in [0, 0.1) is 11.8 Å². The van der Waals surface area contributed by atoms with Gasteiger partial charge in [0.25, 0.3) is 0 Å². The monoisotopic (exact) mass is 398 g/mol. The summed E-state index contributed by atoms with van der Waals surface area (Å²) in [5.41, 5.74) is 0.587. The Kier molecular flexibility index (Phi) is 11.9. The van der Waals surface area contributed by atoms with Crippen LogP contribution in [0.5, 0.6) is 0 Å². The summed E-state index contributed by atoms with van der Waals surface area (Å²) in [5.74, 6) is 7.08. The van der Waals surface area contributed by atoms with E-state index in [1.54, 1.807) is 28.0 Å². The van der Waals surface area contributed by atoms with E-state index in [0.717, 1.165) is 5.75 Å². The van der Waals surface area contributed by atoms with Gasteiger partial charge in [-0.3, -0.25) is 0 Å². The van der Waals surface area contributed by atoms with E-state index in [1.165, 1.54) is 0 Å². The lowest BCUT2D eigenvalue weighted by Crippen LogP contribution is -2.04. The molecule has 0 spiro atoms. The molecule has 0 unspecified atom stereocenters. The van der Waals surface area contributed by atoms with Gasteiger partial charge in [-0.05, 0) is 41.1 Å². The number of halogens is 2. The average Bonchev–Trinajstić information content (AvgIpc) is 2.37. The molecular weight excluding hydrogens is 383 g/mol. The molecule has 0 aromatic heterocycles. The zero-order valence-corrected chi connectivity index (χ0v) is 14.2. The number of rotatable bonds is 8. The van der Waals surface area contributed by atoms with Gasteiger partial charge in [-0.25, -0.2) is 0 Å². The topological polar surface area (TPSA) is 18.5 Å². The first kappa shape index (κ1) is 17.9. The molecule has 0 rings (SSSR count). The molecule has 0 bridgehead atoms. The molecule has 0 heterocycles. The van der Waals surface area contributed by atoms with Crippen molar-refractivity contribution in [3.8, 4) is 11.8 Å². The van der Waals surface area contributed by atoms with E-state index in [-0.39, 0.29) is 6.79 Å². The Labute approximate surface area is 130 Å². The lowest BCUT2D eigenvalue weighted by Gasteiger charge is -2.09. The van der Waals surface area contributed by atoms with E-state index < -0.39 is 0 Å². The fraction of sp³-hybridized carbons (Fsp3) is 0.385. The zero-order valence-electron chi connectivity index (χ0n) is 10.5. The van der Waals surface area contributed by atoms with Gasteiger partial charge >= 0.3 is 0 Å². The van der Waals surface area contributed by atoms with Crippen molar-refractivity contribution >= 4 is 41.7 Å². The molecule has 0 aliphatic heterocycles. The van der Waals surface area contributed by atoms with Gasteiger partial charge in [0.15, 0.2) is 6.79 Å². The average molecular weight is 399 g/mol. The third kappa shape index (κ3) is 8.92. The van der Waals surface area contributed by atoms with Gasteiger partial charge < -0.3 is 9.47 Å². The van der Waals surface area contributed by atoms with Crippen molar-refractivity contribution in [3.63, 3.8) is 0 Å². The molecule has 5 heteroatoms. The molecule has 0 fully saturated rings. The first-order chi connectivity index (χ1) is 8.65. The van der Waals surface area contributed by atoms with Crippen molar-refractivity contribution in [2.45, 2.75) is 13.8 Å². The highest BCUT2D eigenvalue weighted by Gasteiger charge is 2.03. The smallest absolute Gasteiger partial charge is 0.189 e. The Morgan fingerprint density at radius 2 is 2.28 bits per heavy atom. The minimum atomic E-state index is 0.168. The maximum Gasteiger partial charge on any atom is 0.189 e.